The Balaban J connectivity index is 1.26. The lowest BCUT2D eigenvalue weighted by Gasteiger charge is -2.32. The molecule has 1 atom stereocenters. The van der Waals surface area contributed by atoms with Gasteiger partial charge in [0.25, 0.3) is 0 Å². The quantitative estimate of drug-likeness (QED) is 0.173. The van der Waals surface area contributed by atoms with Crippen molar-refractivity contribution in [2.24, 2.45) is 0 Å². The second kappa shape index (κ2) is 10.8. The molecule has 0 saturated heterocycles. The molecule has 12 aromatic rings. The van der Waals surface area contributed by atoms with E-state index in [1.54, 1.807) is 0 Å². The van der Waals surface area contributed by atoms with E-state index in [0.29, 0.717) is 0 Å². The minimum atomic E-state index is -0.647. The molecule has 268 valence electrons. The average molecular weight is 737 g/mol. The molecular weight excluding hydrogens is 705 g/mol. The van der Waals surface area contributed by atoms with Crippen LogP contribution in [0.5, 0.6) is 0 Å². The van der Waals surface area contributed by atoms with Gasteiger partial charge in [0, 0.05) is 49.4 Å². The predicted octanol–water partition coefficient (Wildman–Crippen LogP) is 14.1. The molecule has 0 fully saturated rings. The maximum atomic E-state index is 6.87. The Kier molecular flexibility index (Phi) is 5.70. The van der Waals surface area contributed by atoms with Crippen molar-refractivity contribution in [3.8, 4) is 33.6 Å². The maximum Gasteiger partial charge on any atom is 0.145 e. The fraction of sp³-hybridized carbons (Fsp3) is 0.0182. The highest BCUT2D eigenvalue weighted by atomic mass is 16.3. The average Bonchev–Trinajstić information content (AvgIpc) is 4.07. The van der Waals surface area contributed by atoms with Crippen LogP contribution in [0.15, 0.2) is 199 Å². The molecule has 1 spiro atoms. The van der Waals surface area contributed by atoms with Gasteiger partial charge in [0.1, 0.15) is 11.2 Å². The van der Waals surface area contributed by atoms with Crippen LogP contribution in [0.1, 0.15) is 22.3 Å². The minimum Gasteiger partial charge on any atom is -0.455 e. The van der Waals surface area contributed by atoms with Gasteiger partial charge in [0.2, 0.25) is 0 Å². The molecule has 3 heterocycles. The molecule has 2 aliphatic rings. The Hall–Kier alpha value is -7.62. The molecule has 0 N–H and O–H groups in total. The standard InChI is InChI=1S/C55H32N2O/c1-3-15-33(16-4-1)56-46-25-13-9-21-37(46)41-29-27-39-35-19-7-11-23-44(35)55(50(39)52(41)56)45-24-12-8-20-36(45)40-28-30-43-49-47(57(53(43)51(40)55)34-17-5-2-6-18-34)32-31-42-38-22-10-14-26-48(38)58-54(42)49/h1-32H. The number of rotatable bonds is 2. The van der Waals surface area contributed by atoms with Gasteiger partial charge in [0.15, 0.2) is 0 Å². The third-order valence-electron chi connectivity index (χ3n) is 13.3. The smallest absolute Gasteiger partial charge is 0.145 e. The number of fused-ring (bicyclic) bond motifs is 22. The maximum absolute atomic E-state index is 6.87. The Morgan fingerprint density at radius 3 is 1.55 bits per heavy atom. The van der Waals surface area contributed by atoms with E-state index in [-0.39, 0.29) is 0 Å². The van der Waals surface area contributed by atoms with E-state index in [0.717, 1.165) is 44.2 Å². The van der Waals surface area contributed by atoms with Crippen molar-refractivity contribution in [3.63, 3.8) is 0 Å². The molecule has 0 radical (unpaired) electrons. The molecule has 3 aromatic heterocycles. The second-order valence-corrected chi connectivity index (χ2v) is 15.9. The van der Waals surface area contributed by atoms with E-state index in [1.165, 1.54) is 77.2 Å². The predicted molar refractivity (Wildman–Crippen MR) is 239 cm³/mol. The summed E-state index contributed by atoms with van der Waals surface area (Å²) in [5.41, 5.74) is 18.7. The van der Waals surface area contributed by atoms with Crippen molar-refractivity contribution in [1.29, 1.82) is 0 Å². The monoisotopic (exact) mass is 736 g/mol. The molecule has 0 bridgehead atoms. The Morgan fingerprint density at radius 1 is 0.345 bits per heavy atom. The second-order valence-electron chi connectivity index (χ2n) is 15.9. The summed E-state index contributed by atoms with van der Waals surface area (Å²) in [7, 11) is 0. The van der Waals surface area contributed by atoms with Crippen molar-refractivity contribution >= 4 is 65.6 Å². The van der Waals surface area contributed by atoms with Crippen LogP contribution >= 0.6 is 0 Å². The van der Waals surface area contributed by atoms with Gasteiger partial charge >= 0.3 is 0 Å². The number of hydrogen-bond acceptors (Lipinski definition) is 1. The molecule has 14 rings (SSSR count). The normalized spacial score (nSPS) is 15.3. The van der Waals surface area contributed by atoms with E-state index in [2.05, 4.69) is 203 Å². The lowest BCUT2D eigenvalue weighted by molar-refractivity contribution is 0.673. The van der Waals surface area contributed by atoms with Crippen LogP contribution in [-0.4, -0.2) is 9.13 Å². The first-order valence-corrected chi connectivity index (χ1v) is 20.1. The number of nitrogens with zero attached hydrogens (tertiary/aromatic N) is 2. The summed E-state index contributed by atoms with van der Waals surface area (Å²) in [5.74, 6) is 0. The van der Waals surface area contributed by atoms with Crippen LogP contribution in [0.3, 0.4) is 0 Å². The van der Waals surface area contributed by atoms with Crippen LogP contribution in [-0.2, 0) is 5.41 Å². The zero-order valence-electron chi connectivity index (χ0n) is 31.3. The molecule has 3 nitrogen and oxygen atoms in total. The van der Waals surface area contributed by atoms with Gasteiger partial charge in [-0.3, -0.25) is 0 Å². The Morgan fingerprint density at radius 2 is 0.862 bits per heavy atom. The molecule has 58 heavy (non-hydrogen) atoms. The first kappa shape index (κ1) is 30.6. The van der Waals surface area contributed by atoms with Crippen LogP contribution in [0.25, 0.3) is 99.2 Å². The van der Waals surface area contributed by atoms with E-state index in [4.69, 9.17) is 4.42 Å². The van der Waals surface area contributed by atoms with Crippen LogP contribution in [0.2, 0.25) is 0 Å². The van der Waals surface area contributed by atoms with Gasteiger partial charge in [-0.2, -0.15) is 0 Å². The summed E-state index contributed by atoms with van der Waals surface area (Å²) in [6, 6.07) is 71.7. The number of furan rings is 1. The van der Waals surface area contributed by atoms with Gasteiger partial charge in [-0.25, -0.2) is 0 Å². The molecule has 1 unspecified atom stereocenters. The van der Waals surface area contributed by atoms with E-state index >= 15 is 0 Å². The summed E-state index contributed by atoms with van der Waals surface area (Å²) in [6.45, 7) is 0. The Labute approximate surface area is 333 Å². The molecule has 0 aliphatic heterocycles. The van der Waals surface area contributed by atoms with Gasteiger partial charge in [-0.05, 0) is 81.9 Å². The largest absolute Gasteiger partial charge is 0.455 e. The molecule has 0 saturated carbocycles. The third-order valence-corrected chi connectivity index (χ3v) is 13.3. The molecule has 0 amide bonds. The summed E-state index contributed by atoms with van der Waals surface area (Å²) >= 11 is 0. The molecule has 3 heteroatoms. The number of hydrogen-bond donors (Lipinski definition) is 0. The van der Waals surface area contributed by atoms with Crippen molar-refractivity contribution in [2.45, 2.75) is 5.41 Å². The minimum absolute atomic E-state index is 0.647. The lowest BCUT2D eigenvalue weighted by atomic mass is 9.69. The van der Waals surface area contributed by atoms with Crippen LogP contribution in [0, 0.1) is 0 Å². The zero-order chi connectivity index (χ0) is 37.7. The van der Waals surface area contributed by atoms with E-state index < -0.39 is 5.41 Å². The van der Waals surface area contributed by atoms with Gasteiger partial charge < -0.3 is 13.6 Å². The van der Waals surface area contributed by atoms with Crippen LogP contribution in [0.4, 0.5) is 0 Å². The lowest BCUT2D eigenvalue weighted by Crippen LogP contribution is -2.27. The highest BCUT2D eigenvalue weighted by molar-refractivity contribution is 6.26. The van der Waals surface area contributed by atoms with Crippen molar-refractivity contribution in [1.82, 2.24) is 9.13 Å². The number of benzene rings is 9. The summed E-state index contributed by atoms with van der Waals surface area (Å²) in [5, 5.41) is 7.13. The van der Waals surface area contributed by atoms with E-state index in [1.807, 2.05) is 0 Å². The summed E-state index contributed by atoms with van der Waals surface area (Å²) in [4.78, 5) is 0. The Bertz CT molecular complexity index is 3720. The number of para-hydroxylation sites is 4. The van der Waals surface area contributed by atoms with Gasteiger partial charge in [-0.15, -0.1) is 0 Å². The third kappa shape index (κ3) is 3.53. The molecule has 9 aromatic carbocycles. The van der Waals surface area contributed by atoms with Crippen molar-refractivity contribution in [3.05, 3.63) is 216 Å². The highest BCUT2D eigenvalue weighted by Crippen LogP contribution is 2.66. The highest BCUT2D eigenvalue weighted by Gasteiger charge is 2.54. The molecule has 2 aliphatic carbocycles. The number of aromatic nitrogens is 2. The first-order chi connectivity index (χ1) is 28.8. The van der Waals surface area contributed by atoms with Crippen molar-refractivity contribution in [2.75, 3.05) is 0 Å². The topological polar surface area (TPSA) is 23.0 Å². The summed E-state index contributed by atoms with van der Waals surface area (Å²) < 4.78 is 11.9. The fourth-order valence-corrected chi connectivity index (χ4v) is 11.2. The van der Waals surface area contributed by atoms with E-state index in [9.17, 15) is 0 Å². The van der Waals surface area contributed by atoms with Gasteiger partial charge in [0.05, 0.1) is 32.9 Å². The van der Waals surface area contributed by atoms with Gasteiger partial charge in [-0.1, -0.05) is 146 Å². The zero-order valence-corrected chi connectivity index (χ0v) is 31.3. The SMILES string of the molecule is c1ccc(-n2c3ccccc3c3ccc4c(c32)C2(c3ccccc3-4)c3ccccc3-c3ccc4c5c6oc7ccccc7c6ccc5n(-c5ccccc5)c4c32)cc1. The fourth-order valence-electron chi connectivity index (χ4n) is 11.2. The van der Waals surface area contributed by atoms with Crippen molar-refractivity contribution < 1.29 is 4.42 Å². The molecular formula is C55H32N2O. The van der Waals surface area contributed by atoms with Crippen LogP contribution < -0.4 is 0 Å². The first-order valence-electron chi connectivity index (χ1n) is 20.1. The summed E-state index contributed by atoms with van der Waals surface area (Å²) in [6.07, 6.45) is 0.